The molecule has 0 saturated heterocycles. The lowest BCUT2D eigenvalue weighted by atomic mass is 10.1. The van der Waals surface area contributed by atoms with Gasteiger partial charge in [-0.25, -0.2) is 0 Å². The summed E-state index contributed by atoms with van der Waals surface area (Å²) in [5.74, 6) is 0.912. The topological polar surface area (TPSA) is 30.5 Å². The van der Waals surface area contributed by atoms with Crippen molar-refractivity contribution in [3.63, 3.8) is 0 Å². The third-order valence-electron chi connectivity index (χ3n) is 3.26. The Morgan fingerprint density at radius 1 is 1.00 bits per heavy atom. The van der Waals surface area contributed by atoms with Gasteiger partial charge in [-0.15, -0.1) is 0 Å². The van der Waals surface area contributed by atoms with Crippen LogP contribution in [0.5, 0.6) is 5.75 Å². The van der Waals surface area contributed by atoms with Crippen molar-refractivity contribution in [3.8, 4) is 5.75 Å². The molecule has 0 radical (unpaired) electrons. The second-order valence-corrected chi connectivity index (χ2v) is 5.46. The minimum absolute atomic E-state index is 0.203. The minimum Gasteiger partial charge on any atom is -0.491 e. The maximum absolute atomic E-state index is 5.66. The van der Waals surface area contributed by atoms with Crippen molar-refractivity contribution in [2.24, 2.45) is 0 Å². The second kappa shape index (κ2) is 8.44. The number of anilines is 1. The van der Waals surface area contributed by atoms with Crippen LogP contribution in [-0.2, 0) is 17.9 Å². The van der Waals surface area contributed by atoms with Crippen LogP contribution < -0.4 is 10.1 Å². The van der Waals surface area contributed by atoms with E-state index in [1.54, 1.807) is 0 Å². The molecule has 0 amide bonds. The summed E-state index contributed by atoms with van der Waals surface area (Å²) < 4.78 is 11.2. The van der Waals surface area contributed by atoms with Gasteiger partial charge in [0.15, 0.2) is 0 Å². The highest BCUT2D eigenvalue weighted by atomic mass is 16.5. The molecule has 0 heterocycles. The summed E-state index contributed by atoms with van der Waals surface area (Å²) in [5, 5.41) is 3.48. The SMILES string of the molecule is CCOCc1ccccc1NCc1ccc(OC(C)C)cc1. The molecule has 0 aliphatic heterocycles. The summed E-state index contributed by atoms with van der Waals surface area (Å²) in [7, 11) is 0. The lowest BCUT2D eigenvalue weighted by molar-refractivity contribution is 0.134. The Hall–Kier alpha value is -2.00. The Morgan fingerprint density at radius 3 is 2.41 bits per heavy atom. The number of nitrogens with one attached hydrogen (secondary N) is 1. The summed E-state index contributed by atoms with van der Waals surface area (Å²) in [6.45, 7) is 8.23. The van der Waals surface area contributed by atoms with Crippen LogP contribution in [0.15, 0.2) is 48.5 Å². The van der Waals surface area contributed by atoms with Gasteiger partial charge in [-0.05, 0) is 44.5 Å². The number of rotatable bonds is 8. The van der Waals surface area contributed by atoms with Crippen molar-refractivity contribution < 1.29 is 9.47 Å². The van der Waals surface area contributed by atoms with Gasteiger partial charge in [-0.3, -0.25) is 0 Å². The van der Waals surface area contributed by atoms with E-state index in [-0.39, 0.29) is 6.10 Å². The summed E-state index contributed by atoms with van der Waals surface area (Å²) >= 11 is 0. The van der Waals surface area contributed by atoms with Gasteiger partial charge in [-0.1, -0.05) is 30.3 Å². The number of para-hydroxylation sites is 1. The molecule has 0 saturated carbocycles. The lowest BCUT2D eigenvalue weighted by Crippen LogP contribution is -2.06. The number of benzene rings is 2. The normalized spacial score (nSPS) is 10.7. The first-order valence-corrected chi connectivity index (χ1v) is 7.84. The van der Waals surface area contributed by atoms with Gasteiger partial charge in [0, 0.05) is 24.4 Å². The van der Waals surface area contributed by atoms with Crippen LogP contribution in [0.2, 0.25) is 0 Å². The molecule has 2 aromatic rings. The lowest BCUT2D eigenvalue weighted by Gasteiger charge is -2.13. The maximum atomic E-state index is 5.66. The predicted octanol–water partition coefficient (Wildman–Crippen LogP) is 4.62. The monoisotopic (exact) mass is 299 g/mol. The quantitative estimate of drug-likeness (QED) is 0.771. The Labute approximate surface area is 133 Å². The zero-order valence-electron chi connectivity index (χ0n) is 13.6. The molecule has 2 rings (SSSR count). The fourth-order valence-corrected chi connectivity index (χ4v) is 2.19. The first kappa shape index (κ1) is 16.4. The molecule has 0 atom stereocenters. The van der Waals surface area contributed by atoms with Crippen molar-refractivity contribution in [2.45, 2.75) is 40.0 Å². The minimum atomic E-state index is 0.203. The Bertz CT molecular complexity index is 564. The summed E-state index contributed by atoms with van der Waals surface area (Å²) in [4.78, 5) is 0. The zero-order valence-corrected chi connectivity index (χ0v) is 13.6. The van der Waals surface area contributed by atoms with Gasteiger partial charge in [0.2, 0.25) is 0 Å². The highest BCUT2D eigenvalue weighted by Crippen LogP contribution is 2.18. The highest BCUT2D eigenvalue weighted by molar-refractivity contribution is 5.51. The Balaban J connectivity index is 1.95. The van der Waals surface area contributed by atoms with E-state index < -0.39 is 0 Å². The molecule has 22 heavy (non-hydrogen) atoms. The van der Waals surface area contributed by atoms with Gasteiger partial charge in [0.05, 0.1) is 12.7 Å². The molecule has 0 unspecified atom stereocenters. The smallest absolute Gasteiger partial charge is 0.119 e. The van der Waals surface area contributed by atoms with E-state index >= 15 is 0 Å². The summed E-state index contributed by atoms with van der Waals surface area (Å²) in [6.07, 6.45) is 0.203. The van der Waals surface area contributed by atoms with Crippen molar-refractivity contribution in [3.05, 3.63) is 59.7 Å². The summed E-state index contributed by atoms with van der Waals surface area (Å²) in [5.41, 5.74) is 3.53. The zero-order chi connectivity index (χ0) is 15.8. The van der Waals surface area contributed by atoms with E-state index in [0.29, 0.717) is 6.61 Å². The molecule has 1 N–H and O–H groups in total. The van der Waals surface area contributed by atoms with E-state index in [1.165, 1.54) is 11.1 Å². The molecule has 2 aromatic carbocycles. The molecule has 0 bridgehead atoms. The first-order valence-electron chi connectivity index (χ1n) is 7.84. The molecule has 0 aromatic heterocycles. The molecular weight excluding hydrogens is 274 g/mol. The largest absolute Gasteiger partial charge is 0.491 e. The van der Waals surface area contributed by atoms with Crippen LogP contribution in [0, 0.1) is 0 Å². The van der Waals surface area contributed by atoms with E-state index in [0.717, 1.165) is 24.6 Å². The van der Waals surface area contributed by atoms with E-state index in [1.807, 2.05) is 45.0 Å². The first-order chi connectivity index (χ1) is 10.7. The fourth-order valence-electron chi connectivity index (χ4n) is 2.19. The Morgan fingerprint density at radius 2 is 1.73 bits per heavy atom. The molecule has 3 nitrogen and oxygen atoms in total. The van der Waals surface area contributed by atoms with E-state index in [2.05, 4.69) is 29.6 Å². The second-order valence-electron chi connectivity index (χ2n) is 5.46. The molecule has 118 valence electrons. The predicted molar refractivity (Wildman–Crippen MR) is 91.3 cm³/mol. The van der Waals surface area contributed by atoms with Gasteiger partial charge in [0.25, 0.3) is 0 Å². The molecule has 0 aliphatic carbocycles. The van der Waals surface area contributed by atoms with Crippen LogP contribution >= 0.6 is 0 Å². The third kappa shape index (κ3) is 5.08. The van der Waals surface area contributed by atoms with Gasteiger partial charge < -0.3 is 14.8 Å². The van der Waals surface area contributed by atoms with E-state index in [9.17, 15) is 0 Å². The Kier molecular flexibility index (Phi) is 6.28. The summed E-state index contributed by atoms with van der Waals surface area (Å²) in [6, 6.07) is 16.5. The third-order valence-corrected chi connectivity index (χ3v) is 3.26. The van der Waals surface area contributed by atoms with E-state index in [4.69, 9.17) is 9.47 Å². The van der Waals surface area contributed by atoms with Crippen LogP contribution in [0.3, 0.4) is 0 Å². The maximum Gasteiger partial charge on any atom is 0.119 e. The van der Waals surface area contributed by atoms with Gasteiger partial charge in [0.1, 0.15) is 5.75 Å². The van der Waals surface area contributed by atoms with Crippen molar-refractivity contribution in [2.75, 3.05) is 11.9 Å². The van der Waals surface area contributed by atoms with Crippen molar-refractivity contribution in [1.82, 2.24) is 0 Å². The molecule has 0 spiro atoms. The molecule has 0 aliphatic rings. The number of hydrogen-bond acceptors (Lipinski definition) is 3. The standard InChI is InChI=1S/C19H25NO2/c1-4-21-14-17-7-5-6-8-19(17)20-13-16-9-11-18(12-10-16)22-15(2)3/h5-12,15,20H,4,13-14H2,1-3H3. The average Bonchev–Trinajstić information content (AvgIpc) is 2.52. The number of hydrogen-bond donors (Lipinski definition) is 1. The van der Waals surface area contributed by atoms with Crippen LogP contribution in [0.25, 0.3) is 0 Å². The highest BCUT2D eigenvalue weighted by Gasteiger charge is 2.02. The van der Waals surface area contributed by atoms with Crippen LogP contribution in [0.4, 0.5) is 5.69 Å². The molecule has 0 fully saturated rings. The van der Waals surface area contributed by atoms with Gasteiger partial charge >= 0.3 is 0 Å². The average molecular weight is 299 g/mol. The molecular formula is C19H25NO2. The molecule has 3 heteroatoms. The van der Waals surface area contributed by atoms with Crippen LogP contribution in [-0.4, -0.2) is 12.7 Å². The van der Waals surface area contributed by atoms with Crippen molar-refractivity contribution >= 4 is 5.69 Å². The number of ether oxygens (including phenoxy) is 2. The fraction of sp³-hybridized carbons (Fsp3) is 0.368. The van der Waals surface area contributed by atoms with Crippen LogP contribution in [0.1, 0.15) is 31.9 Å². The van der Waals surface area contributed by atoms with Crippen molar-refractivity contribution in [1.29, 1.82) is 0 Å². The van der Waals surface area contributed by atoms with Gasteiger partial charge in [-0.2, -0.15) is 0 Å².